The number of nitrogens with one attached hydrogen (secondary N) is 2. The van der Waals surface area contributed by atoms with Crippen LogP contribution in [0.1, 0.15) is 27.4 Å². The van der Waals surface area contributed by atoms with Gasteiger partial charge in [0.2, 0.25) is 5.91 Å². The van der Waals surface area contributed by atoms with Crippen LogP contribution >= 0.6 is 0 Å². The predicted molar refractivity (Wildman–Crippen MR) is 91.4 cm³/mol. The number of carbonyl (C=O) groups is 2. The normalized spacial score (nSPS) is 10.6. The van der Waals surface area contributed by atoms with E-state index in [1.165, 1.54) is 0 Å². The lowest BCUT2D eigenvalue weighted by Crippen LogP contribution is -2.42. The molecule has 24 heavy (non-hydrogen) atoms. The van der Waals surface area contributed by atoms with Crippen molar-refractivity contribution in [3.63, 3.8) is 0 Å². The van der Waals surface area contributed by atoms with Crippen LogP contribution in [0.4, 0.5) is 0 Å². The minimum Gasteiger partial charge on any atom is -0.466 e. The Bertz CT molecular complexity index is 912. The number of rotatable bonds is 3. The zero-order chi connectivity index (χ0) is 17.1. The Kier molecular flexibility index (Phi) is 4.33. The zero-order valence-electron chi connectivity index (χ0n) is 13.6. The van der Waals surface area contributed by atoms with Gasteiger partial charge in [0.05, 0.1) is 12.0 Å². The highest BCUT2D eigenvalue weighted by molar-refractivity contribution is 5.96. The molecule has 0 aliphatic carbocycles. The molecule has 0 fully saturated rings. The molecule has 122 valence electrons. The first-order valence-corrected chi connectivity index (χ1v) is 7.67. The van der Waals surface area contributed by atoms with Crippen LogP contribution in [-0.4, -0.2) is 11.8 Å². The Morgan fingerprint density at radius 1 is 0.958 bits per heavy atom. The molecule has 3 aromatic rings. The van der Waals surface area contributed by atoms with E-state index in [1.807, 2.05) is 42.5 Å². The fourth-order valence-electron chi connectivity index (χ4n) is 2.63. The molecule has 5 nitrogen and oxygen atoms in total. The number of hydrazine groups is 1. The summed E-state index contributed by atoms with van der Waals surface area (Å²) in [5.74, 6) is 0.502. The predicted octanol–water partition coefficient (Wildman–Crippen LogP) is 3.05. The van der Waals surface area contributed by atoms with Gasteiger partial charge < -0.3 is 4.42 Å². The van der Waals surface area contributed by atoms with Crippen molar-refractivity contribution < 1.29 is 14.0 Å². The Labute approximate surface area is 139 Å². The SMILES string of the molecule is Cc1cc(C(=O)NNC(=O)Cc2ccc3ccccc3c2)c(C)o1. The lowest BCUT2D eigenvalue weighted by Gasteiger charge is -2.07. The zero-order valence-corrected chi connectivity index (χ0v) is 13.6. The van der Waals surface area contributed by atoms with Crippen molar-refractivity contribution in [1.29, 1.82) is 0 Å². The maximum absolute atomic E-state index is 12.0. The van der Waals surface area contributed by atoms with Gasteiger partial charge in [-0.05, 0) is 36.2 Å². The van der Waals surface area contributed by atoms with Gasteiger partial charge in [-0.15, -0.1) is 0 Å². The second kappa shape index (κ2) is 6.58. The van der Waals surface area contributed by atoms with E-state index in [-0.39, 0.29) is 12.3 Å². The number of hydrogen-bond acceptors (Lipinski definition) is 3. The molecule has 0 spiro atoms. The van der Waals surface area contributed by atoms with Crippen LogP contribution in [0.5, 0.6) is 0 Å². The monoisotopic (exact) mass is 322 g/mol. The second-order valence-corrected chi connectivity index (χ2v) is 5.69. The minimum absolute atomic E-state index is 0.189. The van der Waals surface area contributed by atoms with E-state index in [2.05, 4.69) is 10.9 Å². The maximum atomic E-state index is 12.0. The fraction of sp³-hybridized carbons (Fsp3) is 0.158. The molecule has 0 aliphatic heterocycles. The first-order chi connectivity index (χ1) is 11.5. The van der Waals surface area contributed by atoms with Crippen LogP contribution in [0.2, 0.25) is 0 Å². The van der Waals surface area contributed by atoms with Crippen molar-refractivity contribution in [2.75, 3.05) is 0 Å². The topological polar surface area (TPSA) is 71.3 Å². The van der Waals surface area contributed by atoms with Crippen molar-refractivity contribution in [2.24, 2.45) is 0 Å². The van der Waals surface area contributed by atoms with E-state index in [0.29, 0.717) is 17.1 Å². The molecule has 0 saturated heterocycles. The van der Waals surface area contributed by atoms with Crippen molar-refractivity contribution in [2.45, 2.75) is 20.3 Å². The molecule has 2 amide bonds. The van der Waals surface area contributed by atoms with Gasteiger partial charge in [-0.25, -0.2) is 0 Å². The Balaban J connectivity index is 1.60. The molecule has 0 aliphatic rings. The summed E-state index contributed by atoms with van der Waals surface area (Å²) < 4.78 is 5.31. The van der Waals surface area contributed by atoms with Gasteiger partial charge in [-0.3, -0.25) is 20.4 Å². The summed E-state index contributed by atoms with van der Waals surface area (Å²) in [5.41, 5.74) is 6.15. The van der Waals surface area contributed by atoms with Crippen molar-refractivity contribution >= 4 is 22.6 Å². The number of amides is 2. The number of carbonyl (C=O) groups excluding carboxylic acids is 2. The van der Waals surface area contributed by atoms with Gasteiger partial charge in [-0.2, -0.15) is 0 Å². The fourth-order valence-corrected chi connectivity index (χ4v) is 2.63. The molecule has 2 aromatic carbocycles. The van der Waals surface area contributed by atoms with Gasteiger partial charge >= 0.3 is 0 Å². The summed E-state index contributed by atoms with van der Waals surface area (Å²) in [6, 6.07) is 15.5. The highest BCUT2D eigenvalue weighted by Gasteiger charge is 2.14. The van der Waals surface area contributed by atoms with Crippen LogP contribution in [0.15, 0.2) is 52.9 Å². The van der Waals surface area contributed by atoms with Crippen molar-refractivity contribution in [3.05, 3.63) is 71.2 Å². The van der Waals surface area contributed by atoms with Crippen LogP contribution in [0.25, 0.3) is 10.8 Å². The molecule has 2 N–H and O–H groups in total. The molecule has 0 atom stereocenters. The summed E-state index contributed by atoms with van der Waals surface area (Å²) >= 11 is 0. The molecule has 1 aromatic heterocycles. The third-order valence-electron chi connectivity index (χ3n) is 3.78. The average molecular weight is 322 g/mol. The third-order valence-corrected chi connectivity index (χ3v) is 3.78. The van der Waals surface area contributed by atoms with Crippen LogP contribution in [0.3, 0.4) is 0 Å². The molecule has 0 bridgehead atoms. The van der Waals surface area contributed by atoms with E-state index in [4.69, 9.17) is 4.42 Å². The summed E-state index contributed by atoms with van der Waals surface area (Å²) in [4.78, 5) is 24.0. The molecular weight excluding hydrogens is 304 g/mol. The Morgan fingerprint density at radius 3 is 2.42 bits per heavy atom. The number of benzene rings is 2. The number of fused-ring (bicyclic) bond motifs is 1. The Morgan fingerprint density at radius 2 is 1.71 bits per heavy atom. The van der Waals surface area contributed by atoms with Gasteiger partial charge in [-0.1, -0.05) is 42.5 Å². The van der Waals surface area contributed by atoms with Gasteiger partial charge in [0.25, 0.3) is 5.91 Å². The highest BCUT2D eigenvalue weighted by Crippen LogP contribution is 2.16. The summed E-state index contributed by atoms with van der Waals surface area (Å²) in [5, 5.41) is 2.21. The first kappa shape index (κ1) is 15.8. The summed E-state index contributed by atoms with van der Waals surface area (Å²) in [7, 11) is 0. The highest BCUT2D eigenvalue weighted by atomic mass is 16.3. The summed E-state index contributed by atoms with van der Waals surface area (Å²) in [6.07, 6.45) is 0.189. The van der Waals surface area contributed by atoms with E-state index in [1.54, 1.807) is 19.9 Å². The largest absolute Gasteiger partial charge is 0.466 e. The first-order valence-electron chi connectivity index (χ1n) is 7.67. The third kappa shape index (κ3) is 3.46. The number of furan rings is 1. The van der Waals surface area contributed by atoms with Crippen molar-refractivity contribution in [3.8, 4) is 0 Å². The lowest BCUT2D eigenvalue weighted by molar-refractivity contribution is -0.121. The minimum atomic E-state index is -0.392. The van der Waals surface area contributed by atoms with Gasteiger partial charge in [0.15, 0.2) is 0 Å². The average Bonchev–Trinajstić information content (AvgIpc) is 2.91. The van der Waals surface area contributed by atoms with Crippen molar-refractivity contribution in [1.82, 2.24) is 10.9 Å². The van der Waals surface area contributed by atoms with Gasteiger partial charge in [0.1, 0.15) is 11.5 Å². The summed E-state index contributed by atoms with van der Waals surface area (Å²) in [6.45, 7) is 3.47. The van der Waals surface area contributed by atoms with E-state index >= 15 is 0 Å². The standard InChI is InChI=1S/C19H18N2O3/c1-12-9-17(13(2)24-12)19(23)21-20-18(22)11-14-7-8-15-5-3-4-6-16(15)10-14/h3-10H,11H2,1-2H3,(H,20,22)(H,21,23). The molecule has 3 rings (SSSR count). The van der Waals surface area contributed by atoms with Crippen LogP contribution < -0.4 is 10.9 Å². The van der Waals surface area contributed by atoms with Crippen LogP contribution in [0, 0.1) is 13.8 Å². The Hall–Kier alpha value is -3.08. The molecular formula is C19H18N2O3. The lowest BCUT2D eigenvalue weighted by atomic mass is 10.1. The number of hydrogen-bond donors (Lipinski definition) is 2. The smallest absolute Gasteiger partial charge is 0.273 e. The van der Waals surface area contributed by atoms with Gasteiger partial charge in [0, 0.05) is 0 Å². The van der Waals surface area contributed by atoms with E-state index < -0.39 is 5.91 Å². The number of aryl methyl sites for hydroxylation is 2. The van der Waals surface area contributed by atoms with Crippen LogP contribution in [-0.2, 0) is 11.2 Å². The quantitative estimate of drug-likeness (QED) is 0.728. The molecule has 0 saturated carbocycles. The molecule has 1 heterocycles. The maximum Gasteiger partial charge on any atom is 0.273 e. The molecule has 5 heteroatoms. The molecule has 0 unspecified atom stereocenters. The van der Waals surface area contributed by atoms with E-state index in [9.17, 15) is 9.59 Å². The molecule has 0 radical (unpaired) electrons. The second-order valence-electron chi connectivity index (χ2n) is 5.69. The van der Waals surface area contributed by atoms with E-state index in [0.717, 1.165) is 16.3 Å².